The fraction of sp³-hybridized carbons (Fsp3) is 0.750. The van der Waals surface area contributed by atoms with Crippen molar-refractivity contribution in [1.29, 1.82) is 0 Å². The zero-order valence-electron chi connectivity index (χ0n) is 7.76. The van der Waals surface area contributed by atoms with Crippen LogP contribution in [0, 0.1) is 0 Å². The van der Waals surface area contributed by atoms with Crippen LogP contribution in [0.15, 0.2) is 0 Å². The van der Waals surface area contributed by atoms with Gasteiger partial charge in [-0.05, 0) is 12.8 Å². The molecule has 1 heterocycles. The average molecular weight is 218 g/mol. The number of carbonyl (C=O) groups is 2. The van der Waals surface area contributed by atoms with E-state index in [9.17, 15) is 9.59 Å². The molecule has 5 nitrogen and oxygen atoms in total. The Morgan fingerprint density at radius 2 is 2.50 bits per heavy atom. The lowest BCUT2D eigenvalue weighted by Gasteiger charge is -2.27. The zero-order chi connectivity index (χ0) is 10.6. The van der Waals surface area contributed by atoms with E-state index in [1.807, 2.05) is 0 Å². The minimum absolute atomic E-state index is 0.198. The second-order valence-corrected chi connectivity index (χ2v) is 4.17. The standard InChI is InChI=1S/C8H14N2O3S/c9-4-7(14-5-11)10-3-1-2-6(10)8(12)13/h5-7H,1-4,9H2,(H,12,13)/t6-,7?/m0/s1. The molecular formula is C8H14N2O3S. The van der Waals surface area contributed by atoms with Gasteiger partial charge < -0.3 is 10.8 Å². The minimum Gasteiger partial charge on any atom is -0.480 e. The van der Waals surface area contributed by atoms with Crippen LogP contribution in [0.3, 0.4) is 0 Å². The summed E-state index contributed by atoms with van der Waals surface area (Å²) in [5.74, 6) is -0.826. The normalized spacial score (nSPS) is 24.8. The van der Waals surface area contributed by atoms with Gasteiger partial charge in [0.1, 0.15) is 6.04 Å². The minimum atomic E-state index is -0.826. The summed E-state index contributed by atoms with van der Waals surface area (Å²) in [5, 5.41) is 8.72. The maximum absolute atomic E-state index is 10.9. The maximum Gasteiger partial charge on any atom is 0.320 e. The number of carboxylic acids is 1. The molecular weight excluding hydrogens is 204 g/mol. The van der Waals surface area contributed by atoms with Crippen LogP contribution >= 0.6 is 11.8 Å². The summed E-state index contributed by atoms with van der Waals surface area (Å²) in [6.07, 6.45) is 1.50. The van der Waals surface area contributed by atoms with E-state index < -0.39 is 12.0 Å². The molecule has 1 rings (SSSR count). The predicted molar refractivity (Wildman–Crippen MR) is 54.5 cm³/mol. The quantitative estimate of drug-likeness (QED) is 0.619. The molecule has 0 spiro atoms. The van der Waals surface area contributed by atoms with Crippen molar-refractivity contribution in [3.63, 3.8) is 0 Å². The highest BCUT2D eigenvalue weighted by atomic mass is 32.2. The predicted octanol–water partition coefficient (Wildman–Crippen LogP) is -0.256. The van der Waals surface area contributed by atoms with Crippen LogP contribution in [0.2, 0.25) is 0 Å². The lowest BCUT2D eigenvalue weighted by molar-refractivity contribution is -0.142. The Morgan fingerprint density at radius 1 is 1.79 bits per heavy atom. The first-order valence-electron chi connectivity index (χ1n) is 4.48. The second kappa shape index (κ2) is 5.33. The number of aliphatic carboxylic acids is 1. The molecule has 0 aromatic rings. The molecule has 0 amide bonds. The molecule has 0 aromatic heterocycles. The number of hydrogen-bond acceptors (Lipinski definition) is 5. The maximum atomic E-state index is 10.9. The highest BCUT2D eigenvalue weighted by molar-refractivity contribution is 8.12. The molecule has 1 fully saturated rings. The van der Waals surface area contributed by atoms with Gasteiger partial charge in [-0.15, -0.1) is 0 Å². The Bertz CT molecular complexity index is 225. The molecule has 0 radical (unpaired) electrons. The van der Waals surface area contributed by atoms with E-state index in [4.69, 9.17) is 10.8 Å². The molecule has 1 saturated heterocycles. The van der Waals surface area contributed by atoms with E-state index in [2.05, 4.69) is 0 Å². The number of hydrogen-bond donors (Lipinski definition) is 2. The fourth-order valence-electron chi connectivity index (χ4n) is 1.73. The van der Waals surface area contributed by atoms with Crippen LogP contribution in [-0.2, 0) is 9.59 Å². The topological polar surface area (TPSA) is 83.6 Å². The number of nitrogens with zero attached hydrogens (tertiary/aromatic N) is 1. The third kappa shape index (κ3) is 2.46. The summed E-state index contributed by atoms with van der Waals surface area (Å²) in [5.41, 5.74) is 6.20. The van der Waals surface area contributed by atoms with Gasteiger partial charge in [0.2, 0.25) is 0 Å². The Hall–Kier alpha value is -0.590. The van der Waals surface area contributed by atoms with Crippen molar-refractivity contribution in [2.24, 2.45) is 5.73 Å². The van der Waals surface area contributed by atoms with Crippen molar-refractivity contribution in [2.75, 3.05) is 13.1 Å². The highest BCUT2D eigenvalue weighted by Gasteiger charge is 2.34. The molecule has 3 N–H and O–H groups in total. The average Bonchev–Trinajstić information content (AvgIpc) is 2.62. The molecule has 0 bridgehead atoms. The third-order valence-corrected chi connectivity index (χ3v) is 3.25. The lowest BCUT2D eigenvalue weighted by atomic mass is 10.2. The third-order valence-electron chi connectivity index (χ3n) is 2.36. The van der Waals surface area contributed by atoms with Gasteiger partial charge in [-0.25, -0.2) is 0 Å². The van der Waals surface area contributed by atoms with E-state index in [0.717, 1.165) is 23.8 Å². The molecule has 14 heavy (non-hydrogen) atoms. The summed E-state index contributed by atoms with van der Waals surface area (Å²) < 4.78 is 0. The van der Waals surface area contributed by atoms with Crippen molar-refractivity contribution in [3.8, 4) is 0 Å². The smallest absolute Gasteiger partial charge is 0.320 e. The zero-order valence-corrected chi connectivity index (χ0v) is 8.57. The van der Waals surface area contributed by atoms with Gasteiger partial charge in [0.25, 0.3) is 0 Å². The number of thioether (sulfide) groups is 1. The van der Waals surface area contributed by atoms with Gasteiger partial charge in [0.15, 0.2) is 5.62 Å². The molecule has 1 aliphatic rings. The summed E-state index contributed by atoms with van der Waals surface area (Å²) >= 11 is 1.05. The van der Waals surface area contributed by atoms with Crippen LogP contribution < -0.4 is 5.73 Å². The summed E-state index contributed by atoms with van der Waals surface area (Å²) in [6, 6.07) is -0.476. The van der Waals surface area contributed by atoms with Crippen molar-refractivity contribution in [2.45, 2.75) is 24.3 Å². The molecule has 0 saturated carbocycles. The SMILES string of the molecule is NCC(SC=O)N1CCC[C@H]1C(=O)O. The van der Waals surface area contributed by atoms with E-state index in [-0.39, 0.29) is 5.37 Å². The number of carbonyl (C=O) groups excluding carboxylic acids is 1. The van der Waals surface area contributed by atoms with Crippen LogP contribution in [0.1, 0.15) is 12.8 Å². The van der Waals surface area contributed by atoms with Crippen LogP contribution in [0.4, 0.5) is 0 Å². The van der Waals surface area contributed by atoms with Crippen LogP contribution in [-0.4, -0.2) is 46.1 Å². The molecule has 80 valence electrons. The highest BCUT2D eigenvalue weighted by Crippen LogP contribution is 2.24. The van der Waals surface area contributed by atoms with Gasteiger partial charge >= 0.3 is 5.97 Å². The summed E-state index contributed by atoms with van der Waals surface area (Å²) in [6.45, 7) is 1.01. The number of carboxylic acid groups (broad SMARTS) is 1. The van der Waals surface area contributed by atoms with Crippen LogP contribution in [0.5, 0.6) is 0 Å². The van der Waals surface area contributed by atoms with Gasteiger partial charge in [-0.1, -0.05) is 11.8 Å². The largest absolute Gasteiger partial charge is 0.480 e. The van der Waals surface area contributed by atoms with Crippen molar-refractivity contribution >= 4 is 23.3 Å². The van der Waals surface area contributed by atoms with E-state index in [1.165, 1.54) is 0 Å². The van der Waals surface area contributed by atoms with Crippen molar-refractivity contribution < 1.29 is 14.7 Å². The first-order valence-corrected chi connectivity index (χ1v) is 5.42. The molecule has 1 unspecified atom stereocenters. The van der Waals surface area contributed by atoms with Gasteiger partial charge in [0.05, 0.1) is 5.37 Å². The number of likely N-dealkylation sites (tertiary alicyclic amines) is 1. The molecule has 2 atom stereocenters. The fourth-order valence-corrected chi connectivity index (χ4v) is 2.38. The molecule has 1 aliphatic heterocycles. The van der Waals surface area contributed by atoms with Gasteiger partial charge in [-0.3, -0.25) is 14.5 Å². The van der Waals surface area contributed by atoms with E-state index >= 15 is 0 Å². The lowest BCUT2D eigenvalue weighted by Crippen LogP contribution is -2.45. The molecule has 0 aromatic carbocycles. The Balaban J connectivity index is 2.63. The van der Waals surface area contributed by atoms with Crippen molar-refractivity contribution in [1.82, 2.24) is 4.90 Å². The first kappa shape index (κ1) is 11.5. The number of rotatable bonds is 5. The van der Waals surface area contributed by atoms with Gasteiger partial charge in [-0.2, -0.15) is 0 Å². The Morgan fingerprint density at radius 3 is 3.00 bits per heavy atom. The second-order valence-electron chi connectivity index (χ2n) is 3.16. The molecule has 0 aliphatic carbocycles. The Kier molecular flexibility index (Phi) is 4.37. The first-order chi connectivity index (χ1) is 6.70. The van der Waals surface area contributed by atoms with E-state index in [1.54, 1.807) is 4.90 Å². The van der Waals surface area contributed by atoms with E-state index in [0.29, 0.717) is 19.5 Å². The van der Waals surface area contributed by atoms with Gasteiger partial charge in [0, 0.05) is 13.1 Å². The summed E-state index contributed by atoms with van der Waals surface area (Å²) in [4.78, 5) is 23.0. The van der Waals surface area contributed by atoms with Crippen molar-refractivity contribution in [3.05, 3.63) is 0 Å². The van der Waals surface area contributed by atoms with Crippen LogP contribution in [0.25, 0.3) is 0 Å². The Labute approximate surface area is 86.6 Å². The monoisotopic (exact) mass is 218 g/mol. The summed E-state index contributed by atoms with van der Waals surface area (Å²) in [7, 11) is 0. The molecule has 6 heteroatoms. The number of nitrogens with two attached hydrogens (primary N) is 1.